The highest BCUT2D eigenvalue weighted by molar-refractivity contribution is 6.48. The lowest BCUT2D eigenvalue weighted by Gasteiger charge is -2.32. The van der Waals surface area contributed by atoms with Crippen LogP contribution in [0.25, 0.3) is 0 Å². The maximum Gasteiger partial charge on any atom is 0.342 e. The number of benzene rings is 1. The lowest BCUT2D eigenvalue weighted by Crippen LogP contribution is -2.27. The summed E-state index contributed by atoms with van der Waals surface area (Å²) in [5.41, 5.74) is -0.757. The van der Waals surface area contributed by atoms with Crippen LogP contribution in [-0.4, -0.2) is 25.0 Å². The predicted octanol–water partition coefficient (Wildman–Crippen LogP) is 3.65. The van der Waals surface area contributed by atoms with Crippen LogP contribution in [0.15, 0.2) is 18.2 Å². The van der Waals surface area contributed by atoms with Gasteiger partial charge in [-0.25, -0.2) is 4.79 Å². The minimum absolute atomic E-state index is 0.309. The van der Waals surface area contributed by atoms with Crippen LogP contribution in [0.1, 0.15) is 42.8 Å². The van der Waals surface area contributed by atoms with Gasteiger partial charge in [0, 0.05) is 0 Å². The van der Waals surface area contributed by atoms with Gasteiger partial charge in [-0.1, -0.05) is 26.8 Å². The Bertz CT molecular complexity index is 551. The minimum atomic E-state index is -1.31. The maximum atomic E-state index is 11.4. The molecule has 115 valence electrons. The molecule has 0 aliphatic carbocycles. The zero-order valence-corrected chi connectivity index (χ0v) is 13.8. The summed E-state index contributed by atoms with van der Waals surface area (Å²) in [5.74, 6) is -1.31. The molecule has 0 fully saturated rings. The van der Waals surface area contributed by atoms with E-state index >= 15 is 0 Å². The molecule has 0 aliphatic heterocycles. The minimum Gasteiger partial charge on any atom is -0.477 e. The standard InChI is InChI=1S/C14H20NO5Si/c1-14(2,3)12(20-21(4)5)9-7-6-8-10(13(16)17)11(9)15(18)19/h6-8,12H,1-5H3,(H,16,17). The van der Waals surface area contributed by atoms with Crippen molar-refractivity contribution < 1.29 is 19.3 Å². The number of hydrogen-bond donors (Lipinski definition) is 1. The van der Waals surface area contributed by atoms with Crippen LogP contribution < -0.4 is 0 Å². The quantitative estimate of drug-likeness (QED) is 0.509. The Morgan fingerprint density at radius 2 is 1.95 bits per heavy atom. The summed E-state index contributed by atoms with van der Waals surface area (Å²) in [4.78, 5) is 22.0. The second-order valence-electron chi connectivity index (χ2n) is 6.08. The fraction of sp³-hybridized carbons (Fsp3) is 0.500. The van der Waals surface area contributed by atoms with Gasteiger partial charge < -0.3 is 9.53 Å². The molecule has 1 N–H and O–H groups in total. The maximum absolute atomic E-state index is 11.4. The molecule has 0 aromatic heterocycles. The van der Waals surface area contributed by atoms with E-state index in [2.05, 4.69) is 0 Å². The molecule has 0 bridgehead atoms. The number of rotatable bonds is 5. The fourth-order valence-corrected chi connectivity index (χ4v) is 3.04. The van der Waals surface area contributed by atoms with Crippen molar-refractivity contribution in [3.05, 3.63) is 39.4 Å². The molecule has 1 rings (SSSR count). The molecule has 0 spiro atoms. The lowest BCUT2D eigenvalue weighted by atomic mass is 9.83. The Balaban J connectivity index is 3.54. The van der Waals surface area contributed by atoms with E-state index in [0.717, 1.165) is 0 Å². The molecule has 0 aliphatic rings. The first-order valence-corrected chi connectivity index (χ1v) is 8.94. The third kappa shape index (κ3) is 4.12. The van der Waals surface area contributed by atoms with Crippen molar-refractivity contribution in [2.45, 2.75) is 40.0 Å². The van der Waals surface area contributed by atoms with Gasteiger partial charge in [-0.2, -0.15) is 0 Å². The van der Waals surface area contributed by atoms with E-state index < -0.39 is 26.0 Å². The highest BCUT2D eigenvalue weighted by atomic mass is 28.3. The summed E-state index contributed by atoms with van der Waals surface area (Å²) in [6.07, 6.45) is -0.527. The lowest BCUT2D eigenvalue weighted by molar-refractivity contribution is -0.386. The van der Waals surface area contributed by atoms with Crippen LogP contribution in [0.3, 0.4) is 0 Å². The summed E-state index contributed by atoms with van der Waals surface area (Å²) in [6.45, 7) is 9.63. The van der Waals surface area contributed by atoms with Crippen LogP contribution in [0, 0.1) is 15.5 Å². The van der Waals surface area contributed by atoms with Gasteiger partial charge in [0.25, 0.3) is 5.69 Å². The summed E-state index contributed by atoms with van der Waals surface area (Å²) >= 11 is 0. The van der Waals surface area contributed by atoms with Gasteiger partial charge in [0.1, 0.15) is 5.56 Å². The number of nitro benzene ring substituents is 1. The molecule has 0 saturated heterocycles. The average molecular weight is 310 g/mol. The second kappa shape index (κ2) is 6.36. The molecular formula is C14H20NO5Si. The zero-order valence-electron chi connectivity index (χ0n) is 12.8. The first-order valence-electron chi connectivity index (χ1n) is 6.53. The van der Waals surface area contributed by atoms with E-state index in [0.29, 0.717) is 5.56 Å². The Labute approximate surface area is 125 Å². The molecular weight excluding hydrogens is 290 g/mol. The molecule has 0 heterocycles. The third-order valence-electron chi connectivity index (χ3n) is 2.90. The van der Waals surface area contributed by atoms with Crippen LogP contribution >= 0.6 is 0 Å². The number of carboxylic acid groups (broad SMARTS) is 1. The van der Waals surface area contributed by atoms with Crippen molar-refractivity contribution >= 4 is 20.7 Å². The number of aromatic carboxylic acids is 1. The van der Waals surface area contributed by atoms with E-state index in [1.807, 2.05) is 33.9 Å². The SMILES string of the molecule is C[Si](C)OC(c1cccc(C(=O)O)c1[N+](=O)[O-])C(C)(C)C. The summed E-state index contributed by atoms with van der Waals surface area (Å²) < 4.78 is 5.93. The van der Waals surface area contributed by atoms with Crippen molar-refractivity contribution in [1.82, 2.24) is 0 Å². The van der Waals surface area contributed by atoms with Crippen LogP contribution in [0.2, 0.25) is 13.1 Å². The summed E-state index contributed by atoms with van der Waals surface area (Å²) in [5, 5.41) is 20.5. The van der Waals surface area contributed by atoms with Crippen LogP contribution in [0.4, 0.5) is 5.69 Å². The van der Waals surface area contributed by atoms with E-state index in [-0.39, 0.29) is 16.7 Å². The van der Waals surface area contributed by atoms with E-state index in [1.165, 1.54) is 12.1 Å². The predicted molar refractivity (Wildman–Crippen MR) is 80.8 cm³/mol. The third-order valence-corrected chi connectivity index (χ3v) is 3.61. The van der Waals surface area contributed by atoms with Gasteiger partial charge >= 0.3 is 5.97 Å². The Hall–Kier alpha value is -1.73. The van der Waals surface area contributed by atoms with Crippen molar-refractivity contribution in [2.75, 3.05) is 0 Å². The number of carboxylic acids is 1. The van der Waals surface area contributed by atoms with Gasteiger partial charge in [-0.15, -0.1) is 0 Å². The fourth-order valence-electron chi connectivity index (χ4n) is 2.09. The molecule has 7 heteroatoms. The first-order chi connectivity index (χ1) is 9.55. The largest absolute Gasteiger partial charge is 0.477 e. The van der Waals surface area contributed by atoms with Crippen LogP contribution in [-0.2, 0) is 4.43 Å². The topological polar surface area (TPSA) is 89.7 Å². The van der Waals surface area contributed by atoms with E-state index in [9.17, 15) is 14.9 Å². The van der Waals surface area contributed by atoms with Gasteiger partial charge in [0.05, 0.1) is 16.6 Å². The number of para-hydroxylation sites is 1. The van der Waals surface area contributed by atoms with Crippen molar-refractivity contribution in [3.63, 3.8) is 0 Å². The van der Waals surface area contributed by atoms with Crippen molar-refractivity contribution in [3.8, 4) is 0 Å². The molecule has 1 aromatic carbocycles. The first kappa shape index (κ1) is 17.3. The normalized spacial score (nSPS) is 13.2. The summed E-state index contributed by atoms with van der Waals surface area (Å²) in [6, 6.07) is 4.34. The molecule has 1 atom stereocenters. The van der Waals surface area contributed by atoms with E-state index in [1.54, 1.807) is 6.07 Å². The zero-order chi connectivity index (χ0) is 16.4. The van der Waals surface area contributed by atoms with Gasteiger partial charge in [-0.05, 0) is 30.6 Å². The van der Waals surface area contributed by atoms with Crippen molar-refractivity contribution in [2.24, 2.45) is 5.41 Å². The smallest absolute Gasteiger partial charge is 0.342 e. The number of carbonyl (C=O) groups is 1. The van der Waals surface area contributed by atoms with Gasteiger partial charge in [0.15, 0.2) is 0 Å². The molecule has 6 nitrogen and oxygen atoms in total. The van der Waals surface area contributed by atoms with Crippen molar-refractivity contribution in [1.29, 1.82) is 0 Å². The molecule has 0 saturated carbocycles. The molecule has 0 amide bonds. The monoisotopic (exact) mass is 310 g/mol. The summed E-state index contributed by atoms with van der Waals surface area (Å²) in [7, 11) is -1.11. The molecule has 21 heavy (non-hydrogen) atoms. The Kier molecular flexibility index (Phi) is 5.24. The van der Waals surface area contributed by atoms with Gasteiger partial charge in [-0.3, -0.25) is 10.1 Å². The van der Waals surface area contributed by atoms with Crippen LogP contribution in [0.5, 0.6) is 0 Å². The number of nitrogens with zero attached hydrogens (tertiary/aromatic N) is 1. The molecule has 1 aromatic rings. The highest BCUT2D eigenvalue weighted by Crippen LogP contribution is 2.41. The molecule has 1 unspecified atom stereocenters. The second-order valence-corrected chi connectivity index (χ2v) is 8.13. The van der Waals surface area contributed by atoms with Gasteiger partial charge in [0.2, 0.25) is 9.04 Å². The Morgan fingerprint density at radius 1 is 1.38 bits per heavy atom. The number of nitro groups is 1. The highest BCUT2D eigenvalue weighted by Gasteiger charge is 2.35. The van der Waals surface area contributed by atoms with E-state index in [4.69, 9.17) is 9.53 Å². The Morgan fingerprint density at radius 3 is 2.33 bits per heavy atom. The number of hydrogen-bond acceptors (Lipinski definition) is 4. The molecule has 1 radical (unpaired) electrons. The average Bonchev–Trinajstić information content (AvgIpc) is 2.33.